The van der Waals surface area contributed by atoms with E-state index in [1.54, 1.807) is 18.8 Å². The highest BCUT2D eigenvalue weighted by atomic mass is 79.9. The zero-order valence-corrected chi connectivity index (χ0v) is 10.3. The summed E-state index contributed by atoms with van der Waals surface area (Å²) in [5.41, 5.74) is 0. The van der Waals surface area contributed by atoms with Crippen LogP contribution in [0.1, 0.15) is 6.42 Å². The number of nitrogens with one attached hydrogen (secondary N) is 1. The molecule has 1 rings (SSSR count). The summed E-state index contributed by atoms with van der Waals surface area (Å²) in [6.45, 7) is 0. The highest BCUT2D eigenvalue weighted by Crippen LogP contribution is 2.27. The van der Waals surface area contributed by atoms with Crippen LogP contribution in [0.3, 0.4) is 0 Å². The van der Waals surface area contributed by atoms with Crippen molar-refractivity contribution in [3.63, 3.8) is 0 Å². The summed E-state index contributed by atoms with van der Waals surface area (Å²) in [6.07, 6.45) is 0.558. The topological polar surface area (TPSA) is 29.1 Å². The minimum absolute atomic E-state index is 0.0875. The van der Waals surface area contributed by atoms with Crippen molar-refractivity contribution in [2.45, 2.75) is 11.3 Å². The van der Waals surface area contributed by atoms with Crippen LogP contribution in [0.25, 0.3) is 0 Å². The normalized spacial score (nSPS) is 9.86. The van der Waals surface area contributed by atoms with E-state index in [1.807, 2.05) is 24.3 Å². The van der Waals surface area contributed by atoms with Crippen molar-refractivity contribution in [2.75, 3.05) is 12.8 Å². The Kier molecular flexibility index (Phi) is 5.04. The standard InChI is InChI=1S/C10H12BrNOS/c1-12-10(13)6-7-14-9-5-3-2-4-8(9)11/h2-5H,6-7H2,1H3,(H,12,13). The molecule has 1 N–H and O–H groups in total. The summed E-state index contributed by atoms with van der Waals surface area (Å²) in [5, 5.41) is 2.60. The number of thioether (sulfide) groups is 1. The predicted molar refractivity (Wildman–Crippen MR) is 63.5 cm³/mol. The minimum atomic E-state index is 0.0875. The van der Waals surface area contributed by atoms with Gasteiger partial charge in [-0.25, -0.2) is 0 Å². The summed E-state index contributed by atoms with van der Waals surface area (Å²) in [5.74, 6) is 0.895. The molecule has 0 aromatic heterocycles. The third kappa shape index (κ3) is 3.72. The molecular formula is C10H12BrNOS. The smallest absolute Gasteiger partial charge is 0.220 e. The lowest BCUT2D eigenvalue weighted by Gasteiger charge is -2.03. The second-order valence-corrected chi connectivity index (χ2v) is 4.69. The summed E-state index contributed by atoms with van der Waals surface area (Å²) in [4.78, 5) is 12.1. The predicted octanol–water partition coefficient (Wildman–Crippen LogP) is 2.68. The minimum Gasteiger partial charge on any atom is -0.359 e. The van der Waals surface area contributed by atoms with Gasteiger partial charge in [0, 0.05) is 28.6 Å². The van der Waals surface area contributed by atoms with Crippen LogP contribution in [0.15, 0.2) is 33.6 Å². The van der Waals surface area contributed by atoms with Crippen LogP contribution >= 0.6 is 27.7 Å². The Morgan fingerprint density at radius 2 is 2.21 bits per heavy atom. The van der Waals surface area contributed by atoms with Gasteiger partial charge in [0.2, 0.25) is 5.91 Å². The van der Waals surface area contributed by atoms with Crippen molar-refractivity contribution < 1.29 is 4.79 Å². The molecule has 0 heterocycles. The lowest BCUT2D eigenvalue weighted by Crippen LogP contribution is -2.17. The van der Waals surface area contributed by atoms with Crippen LogP contribution in [-0.2, 0) is 4.79 Å². The van der Waals surface area contributed by atoms with Gasteiger partial charge in [-0.15, -0.1) is 11.8 Å². The molecule has 0 aliphatic carbocycles. The van der Waals surface area contributed by atoms with Crippen LogP contribution in [0.2, 0.25) is 0 Å². The number of carbonyl (C=O) groups excluding carboxylic acids is 1. The van der Waals surface area contributed by atoms with Gasteiger partial charge in [-0.3, -0.25) is 4.79 Å². The van der Waals surface area contributed by atoms with Gasteiger partial charge >= 0.3 is 0 Å². The van der Waals surface area contributed by atoms with Gasteiger partial charge in [0.05, 0.1) is 0 Å². The molecule has 0 spiro atoms. The maximum Gasteiger partial charge on any atom is 0.220 e. The summed E-state index contributed by atoms with van der Waals surface area (Å²) >= 11 is 5.14. The lowest BCUT2D eigenvalue weighted by molar-refractivity contribution is -0.120. The van der Waals surface area contributed by atoms with Crippen molar-refractivity contribution in [3.05, 3.63) is 28.7 Å². The largest absolute Gasteiger partial charge is 0.359 e. The molecule has 0 fully saturated rings. The molecule has 1 aromatic rings. The van der Waals surface area contributed by atoms with Gasteiger partial charge < -0.3 is 5.32 Å². The number of benzene rings is 1. The first kappa shape index (κ1) is 11.6. The van der Waals surface area contributed by atoms with Gasteiger partial charge in [-0.2, -0.15) is 0 Å². The van der Waals surface area contributed by atoms with Crippen LogP contribution < -0.4 is 5.32 Å². The second-order valence-electron chi connectivity index (χ2n) is 2.70. The molecule has 0 unspecified atom stereocenters. The maximum atomic E-state index is 11.0. The van der Waals surface area contributed by atoms with Gasteiger partial charge in [0.15, 0.2) is 0 Å². The molecule has 76 valence electrons. The molecule has 1 amide bonds. The fourth-order valence-electron chi connectivity index (χ4n) is 0.940. The van der Waals surface area contributed by atoms with E-state index in [-0.39, 0.29) is 5.91 Å². The molecule has 1 aromatic carbocycles. The van der Waals surface area contributed by atoms with E-state index in [0.717, 1.165) is 10.2 Å². The molecule has 0 aliphatic heterocycles. The van der Waals surface area contributed by atoms with Crippen molar-refractivity contribution in [2.24, 2.45) is 0 Å². The molecular weight excluding hydrogens is 262 g/mol. The average Bonchev–Trinajstić information content (AvgIpc) is 2.20. The van der Waals surface area contributed by atoms with E-state index in [9.17, 15) is 4.79 Å². The molecule has 0 radical (unpaired) electrons. The van der Waals surface area contributed by atoms with Crippen molar-refractivity contribution in [3.8, 4) is 0 Å². The SMILES string of the molecule is CNC(=O)CCSc1ccccc1Br. The van der Waals surface area contributed by atoms with E-state index in [1.165, 1.54) is 4.90 Å². The number of hydrogen-bond donors (Lipinski definition) is 1. The number of hydrogen-bond acceptors (Lipinski definition) is 2. The van der Waals surface area contributed by atoms with E-state index in [4.69, 9.17) is 0 Å². The first-order valence-electron chi connectivity index (χ1n) is 4.32. The fourth-order valence-corrected chi connectivity index (χ4v) is 2.46. The molecule has 0 saturated heterocycles. The molecule has 14 heavy (non-hydrogen) atoms. The second kappa shape index (κ2) is 6.09. The first-order chi connectivity index (χ1) is 6.74. The highest BCUT2D eigenvalue weighted by Gasteiger charge is 2.01. The molecule has 0 aliphatic rings. The molecule has 0 saturated carbocycles. The molecule has 0 atom stereocenters. The van der Waals surface area contributed by atoms with Crippen molar-refractivity contribution in [1.82, 2.24) is 5.32 Å². The summed E-state index contributed by atoms with van der Waals surface area (Å²) in [6, 6.07) is 8.01. The lowest BCUT2D eigenvalue weighted by atomic mass is 10.4. The van der Waals surface area contributed by atoms with E-state index >= 15 is 0 Å². The maximum absolute atomic E-state index is 11.0. The molecule has 0 bridgehead atoms. The number of rotatable bonds is 4. The Balaban J connectivity index is 2.39. The van der Waals surface area contributed by atoms with Crippen LogP contribution in [0.4, 0.5) is 0 Å². The van der Waals surface area contributed by atoms with Gasteiger partial charge in [-0.1, -0.05) is 12.1 Å². The third-order valence-electron chi connectivity index (χ3n) is 1.70. The highest BCUT2D eigenvalue weighted by molar-refractivity contribution is 9.10. The quantitative estimate of drug-likeness (QED) is 0.855. The van der Waals surface area contributed by atoms with Crippen molar-refractivity contribution >= 4 is 33.6 Å². The molecule has 4 heteroatoms. The Hall–Kier alpha value is -0.480. The zero-order valence-electron chi connectivity index (χ0n) is 7.92. The van der Waals surface area contributed by atoms with E-state index < -0.39 is 0 Å². The number of amides is 1. The Morgan fingerprint density at radius 3 is 2.86 bits per heavy atom. The van der Waals surface area contributed by atoms with Crippen LogP contribution in [0.5, 0.6) is 0 Å². The average molecular weight is 274 g/mol. The molecule has 2 nitrogen and oxygen atoms in total. The fraction of sp³-hybridized carbons (Fsp3) is 0.300. The monoisotopic (exact) mass is 273 g/mol. The summed E-state index contributed by atoms with van der Waals surface area (Å²) < 4.78 is 1.09. The van der Waals surface area contributed by atoms with Crippen LogP contribution in [0, 0.1) is 0 Å². The third-order valence-corrected chi connectivity index (χ3v) is 3.73. The number of halogens is 1. The van der Waals surface area contributed by atoms with Gasteiger partial charge in [-0.05, 0) is 28.1 Å². The van der Waals surface area contributed by atoms with Gasteiger partial charge in [0.1, 0.15) is 0 Å². The number of carbonyl (C=O) groups is 1. The first-order valence-corrected chi connectivity index (χ1v) is 6.10. The van der Waals surface area contributed by atoms with E-state index in [0.29, 0.717) is 6.42 Å². The Labute approximate surface area is 96.6 Å². The van der Waals surface area contributed by atoms with Crippen LogP contribution in [-0.4, -0.2) is 18.7 Å². The Morgan fingerprint density at radius 1 is 1.50 bits per heavy atom. The summed E-state index contributed by atoms with van der Waals surface area (Å²) in [7, 11) is 1.66. The van der Waals surface area contributed by atoms with Gasteiger partial charge in [0.25, 0.3) is 0 Å². The zero-order chi connectivity index (χ0) is 10.4. The Bertz CT molecular complexity index is 317. The van der Waals surface area contributed by atoms with Crippen molar-refractivity contribution in [1.29, 1.82) is 0 Å². The van der Waals surface area contributed by atoms with E-state index in [2.05, 4.69) is 21.2 Å².